The zero-order chi connectivity index (χ0) is 18.7. The summed E-state index contributed by atoms with van der Waals surface area (Å²) in [5.74, 6) is -0.507. The Bertz CT molecular complexity index is 921. The highest BCUT2D eigenvalue weighted by Gasteiger charge is 2.35. The summed E-state index contributed by atoms with van der Waals surface area (Å²) in [5.41, 5.74) is 0.00478. The molecule has 0 radical (unpaired) electrons. The van der Waals surface area contributed by atoms with Crippen LogP contribution in [-0.4, -0.2) is 32.0 Å². The number of hydrogen-bond donors (Lipinski definition) is 1. The molecular formula is C17H16F3N5O. The van der Waals surface area contributed by atoms with Gasteiger partial charge in [-0.2, -0.15) is 18.3 Å². The van der Waals surface area contributed by atoms with Crippen LogP contribution in [0.25, 0.3) is 5.65 Å². The predicted molar refractivity (Wildman–Crippen MR) is 87.6 cm³/mol. The molecule has 0 saturated carbocycles. The van der Waals surface area contributed by atoms with E-state index in [9.17, 15) is 18.0 Å². The summed E-state index contributed by atoms with van der Waals surface area (Å²) in [7, 11) is 0. The van der Waals surface area contributed by atoms with Crippen molar-refractivity contribution in [2.24, 2.45) is 0 Å². The number of nitrogens with one attached hydrogen (secondary N) is 1. The zero-order valence-corrected chi connectivity index (χ0v) is 13.9. The van der Waals surface area contributed by atoms with E-state index in [1.54, 1.807) is 6.20 Å². The summed E-state index contributed by atoms with van der Waals surface area (Å²) in [5, 5.41) is 6.37. The van der Waals surface area contributed by atoms with E-state index >= 15 is 0 Å². The average Bonchev–Trinajstić information content (AvgIpc) is 3.01. The summed E-state index contributed by atoms with van der Waals surface area (Å²) < 4.78 is 40.0. The van der Waals surface area contributed by atoms with Crippen molar-refractivity contribution in [3.8, 4) is 0 Å². The van der Waals surface area contributed by atoms with E-state index in [1.165, 1.54) is 6.92 Å². The quantitative estimate of drug-likeness (QED) is 0.708. The second-order valence-electron chi connectivity index (χ2n) is 5.75. The number of carbonyl (C=O) groups is 1. The maximum absolute atomic E-state index is 13.1. The molecule has 3 rings (SSSR count). The molecule has 0 bridgehead atoms. The van der Waals surface area contributed by atoms with Crippen molar-refractivity contribution < 1.29 is 18.0 Å². The number of nitrogens with zero attached hydrogens (tertiary/aromatic N) is 4. The largest absolute Gasteiger partial charge is 0.433 e. The Balaban J connectivity index is 1.72. The Hall–Kier alpha value is -2.97. The highest BCUT2D eigenvalue weighted by atomic mass is 19.4. The lowest BCUT2D eigenvalue weighted by Crippen LogP contribution is -2.25. The number of carbonyl (C=O) groups excluding carboxylic acids is 1. The molecule has 0 saturated heterocycles. The maximum atomic E-state index is 13.1. The number of rotatable bonds is 5. The molecule has 26 heavy (non-hydrogen) atoms. The molecule has 3 aromatic rings. The molecular weight excluding hydrogens is 347 g/mol. The smallest absolute Gasteiger partial charge is 0.352 e. The molecule has 0 aliphatic rings. The molecule has 0 aromatic carbocycles. The molecule has 0 aliphatic carbocycles. The van der Waals surface area contributed by atoms with E-state index in [0.717, 1.165) is 18.0 Å². The molecule has 9 heteroatoms. The fourth-order valence-corrected chi connectivity index (χ4v) is 2.56. The van der Waals surface area contributed by atoms with E-state index in [2.05, 4.69) is 20.4 Å². The van der Waals surface area contributed by atoms with Crippen LogP contribution in [-0.2, 0) is 12.6 Å². The van der Waals surface area contributed by atoms with Crippen LogP contribution in [0.2, 0.25) is 0 Å². The molecule has 3 heterocycles. The Labute approximate surface area is 147 Å². The van der Waals surface area contributed by atoms with E-state index in [1.807, 2.05) is 18.2 Å². The fraction of sp³-hybridized carbons (Fsp3) is 0.294. The SMILES string of the molecule is Cc1cc(C(F)(F)F)n2ncc(C(=O)NCCCc3ccccn3)c2n1. The summed E-state index contributed by atoms with van der Waals surface area (Å²) in [6.45, 7) is 1.81. The topological polar surface area (TPSA) is 72.2 Å². The van der Waals surface area contributed by atoms with Crippen LogP contribution in [0.3, 0.4) is 0 Å². The number of alkyl halides is 3. The van der Waals surface area contributed by atoms with E-state index in [4.69, 9.17) is 0 Å². The summed E-state index contributed by atoms with van der Waals surface area (Å²) in [6, 6.07) is 6.49. The third kappa shape index (κ3) is 3.81. The second kappa shape index (κ2) is 7.11. The van der Waals surface area contributed by atoms with Gasteiger partial charge >= 0.3 is 6.18 Å². The van der Waals surface area contributed by atoms with Gasteiger partial charge in [0.05, 0.1) is 6.20 Å². The van der Waals surface area contributed by atoms with Crippen LogP contribution in [0.15, 0.2) is 36.7 Å². The third-order valence-electron chi connectivity index (χ3n) is 3.76. The fourth-order valence-electron chi connectivity index (χ4n) is 2.56. The molecule has 0 aliphatic heterocycles. The van der Waals surface area contributed by atoms with Crippen LogP contribution in [0.1, 0.15) is 33.9 Å². The van der Waals surface area contributed by atoms with Gasteiger partial charge in [-0.05, 0) is 38.0 Å². The number of aryl methyl sites for hydroxylation is 2. The third-order valence-corrected chi connectivity index (χ3v) is 3.76. The van der Waals surface area contributed by atoms with Gasteiger partial charge in [-0.25, -0.2) is 9.50 Å². The molecule has 0 spiro atoms. The molecule has 0 atom stereocenters. The van der Waals surface area contributed by atoms with Gasteiger partial charge in [0.2, 0.25) is 0 Å². The van der Waals surface area contributed by atoms with Crippen molar-refractivity contribution >= 4 is 11.6 Å². The molecule has 3 aromatic heterocycles. The Kier molecular flexibility index (Phi) is 4.88. The molecule has 6 nitrogen and oxygen atoms in total. The standard InChI is InChI=1S/C17H16F3N5O/c1-11-9-14(17(18,19)20)25-15(24-11)13(10-23-25)16(26)22-8-4-6-12-5-2-3-7-21-12/h2-3,5,7,9-10H,4,6,8H2,1H3,(H,22,26). The Morgan fingerprint density at radius 2 is 2.12 bits per heavy atom. The second-order valence-corrected chi connectivity index (χ2v) is 5.75. The van der Waals surface area contributed by atoms with E-state index < -0.39 is 17.8 Å². The van der Waals surface area contributed by atoms with Crippen LogP contribution < -0.4 is 5.32 Å². The molecule has 1 N–H and O–H groups in total. The van der Waals surface area contributed by atoms with Gasteiger partial charge in [0.25, 0.3) is 5.91 Å². The van der Waals surface area contributed by atoms with Crippen LogP contribution in [0, 0.1) is 6.92 Å². The van der Waals surface area contributed by atoms with Gasteiger partial charge in [0.15, 0.2) is 5.65 Å². The monoisotopic (exact) mass is 363 g/mol. The van der Waals surface area contributed by atoms with E-state index in [0.29, 0.717) is 23.9 Å². The minimum atomic E-state index is -4.59. The Morgan fingerprint density at radius 1 is 1.31 bits per heavy atom. The predicted octanol–water partition coefficient (Wildman–Crippen LogP) is 2.81. The van der Waals surface area contributed by atoms with Crippen molar-refractivity contribution in [2.45, 2.75) is 25.9 Å². The van der Waals surface area contributed by atoms with Crippen molar-refractivity contribution in [3.05, 3.63) is 59.3 Å². The molecule has 0 fully saturated rings. The van der Waals surface area contributed by atoms with Crippen molar-refractivity contribution in [1.29, 1.82) is 0 Å². The molecule has 136 valence electrons. The van der Waals surface area contributed by atoms with Crippen molar-refractivity contribution in [3.63, 3.8) is 0 Å². The minimum Gasteiger partial charge on any atom is -0.352 e. The van der Waals surface area contributed by atoms with Gasteiger partial charge in [0.1, 0.15) is 11.3 Å². The van der Waals surface area contributed by atoms with Crippen LogP contribution in [0.5, 0.6) is 0 Å². The first-order chi connectivity index (χ1) is 12.4. The van der Waals surface area contributed by atoms with Gasteiger partial charge in [-0.1, -0.05) is 6.07 Å². The lowest BCUT2D eigenvalue weighted by molar-refractivity contribution is -0.142. The van der Waals surface area contributed by atoms with Gasteiger partial charge < -0.3 is 5.32 Å². The van der Waals surface area contributed by atoms with Gasteiger partial charge in [-0.3, -0.25) is 9.78 Å². The summed E-state index contributed by atoms with van der Waals surface area (Å²) >= 11 is 0. The minimum absolute atomic E-state index is 0.0111. The number of halogens is 3. The number of pyridine rings is 1. The molecule has 0 unspecified atom stereocenters. The first-order valence-corrected chi connectivity index (χ1v) is 7.97. The number of aromatic nitrogens is 4. The lowest BCUT2D eigenvalue weighted by atomic mass is 10.2. The lowest BCUT2D eigenvalue weighted by Gasteiger charge is -2.10. The highest BCUT2D eigenvalue weighted by molar-refractivity contribution is 5.99. The zero-order valence-electron chi connectivity index (χ0n) is 13.9. The van der Waals surface area contributed by atoms with Gasteiger partial charge in [0, 0.05) is 24.1 Å². The first kappa shape index (κ1) is 17.8. The first-order valence-electron chi connectivity index (χ1n) is 7.97. The highest BCUT2D eigenvalue weighted by Crippen LogP contribution is 2.30. The average molecular weight is 363 g/mol. The molecule has 1 amide bonds. The summed E-state index contributed by atoms with van der Waals surface area (Å²) in [6.07, 6.45) is -0.452. The normalized spacial score (nSPS) is 11.7. The summed E-state index contributed by atoms with van der Waals surface area (Å²) in [4.78, 5) is 20.5. The number of hydrogen-bond acceptors (Lipinski definition) is 4. The Morgan fingerprint density at radius 3 is 2.81 bits per heavy atom. The van der Waals surface area contributed by atoms with E-state index in [-0.39, 0.29) is 16.9 Å². The number of amides is 1. The maximum Gasteiger partial charge on any atom is 0.433 e. The van der Waals surface area contributed by atoms with Crippen LogP contribution >= 0.6 is 0 Å². The van der Waals surface area contributed by atoms with Crippen molar-refractivity contribution in [2.75, 3.05) is 6.54 Å². The van der Waals surface area contributed by atoms with Crippen LogP contribution in [0.4, 0.5) is 13.2 Å². The number of fused-ring (bicyclic) bond motifs is 1. The van der Waals surface area contributed by atoms with Crippen molar-refractivity contribution in [1.82, 2.24) is 24.9 Å². The van der Waals surface area contributed by atoms with Gasteiger partial charge in [-0.15, -0.1) is 0 Å².